The van der Waals surface area contributed by atoms with Gasteiger partial charge in [-0.25, -0.2) is 0 Å². The fourth-order valence-corrected chi connectivity index (χ4v) is 6.32. The van der Waals surface area contributed by atoms with E-state index >= 15 is 0 Å². The predicted octanol–water partition coefficient (Wildman–Crippen LogP) is 13.0. The second-order valence-electron chi connectivity index (χ2n) is 15.7. The summed E-state index contributed by atoms with van der Waals surface area (Å²) in [7, 11) is 1.27. The number of quaternary nitrogens is 1. The molecule has 0 bridgehead atoms. The highest BCUT2D eigenvalue weighted by atomic mass is 31.2. The molecule has 0 aromatic carbocycles. The SMILES string of the molecule is CCC=CCC=CCC=CCC=CCC=CCC=CCCC(=O)O[C@H](COC=CCCCCCCCCCCCCCCCC)COP(=O)([O-])OCC[N+](C)(C)C. The maximum Gasteiger partial charge on any atom is 0.306 e. The molecule has 0 aliphatic carbocycles. The lowest BCUT2D eigenvalue weighted by Crippen LogP contribution is -2.37. The van der Waals surface area contributed by atoms with E-state index in [9.17, 15) is 14.3 Å². The fraction of sp³-hybridized carbons (Fsp3) is 0.688. The molecule has 1 unspecified atom stereocenters. The molecule has 0 spiro atoms. The van der Waals surface area contributed by atoms with Gasteiger partial charge in [-0.15, -0.1) is 0 Å². The van der Waals surface area contributed by atoms with Gasteiger partial charge in [0.25, 0.3) is 7.82 Å². The maximum atomic E-state index is 12.6. The molecule has 0 radical (unpaired) electrons. The second-order valence-corrected chi connectivity index (χ2v) is 17.2. The molecule has 0 saturated heterocycles. The van der Waals surface area contributed by atoms with E-state index in [2.05, 4.69) is 74.6 Å². The molecule has 2 atom stereocenters. The van der Waals surface area contributed by atoms with Gasteiger partial charge < -0.3 is 27.9 Å². The Bertz CT molecular complexity index is 1180. The maximum absolute atomic E-state index is 12.6. The number of nitrogens with zero attached hydrogens (tertiary/aromatic N) is 1. The van der Waals surface area contributed by atoms with E-state index in [1.165, 1.54) is 83.5 Å². The molecule has 0 saturated carbocycles. The smallest absolute Gasteiger partial charge is 0.306 e. The van der Waals surface area contributed by atoms with Crippen molar-refractivity contribution in [3.8, 4) is 0 Å². The molecule has 0 aliphatic rings. The Balaban J connectivity index is 4.43. The Morgan fingerprint density at radius 1 is 0.579 bits per heavy atom. The molecule has 0 rings (SSSR count). The molecule has 328 valence electrons. The third kappa shape index (κ3) is 44.5. The van der Waals surface area contributed by atoms with Crippen molar-refractivity contribution in [3.63, 3.8) is 0 Å². The number of unbranched alkanes of at least 4 members (excludes halogenated alkanes) is 14. The number of phosphoric ester groups is 1. The third-order valence-corrected chi connectivity index (χ3v) is 10.0. The van der Waals surface area contributed by atoms with Crippen LogP contribution in [0.5, 0.6) is 0 Å². The minimum Gasteiger partial charge on any atom is -0.756 e. The van der Waals surface area contributed by atoms with E-state index in [0.717, 1.165) is 51.4 Å². The lowest BCUT2D eigenvalue weighted by molar-refractivity contribution is -0.870. The molecular formula is C48H84NO7P. The number of rotatable bonds is 40. The zero-order valence-corrected chi connectivity index (χ0v) is 37.9. The van der Waals surface area contributed by atoms with Crippen molar-refractivity contribution in [2.45, 2.75) is 168 Å². The highest BCUT2D eigenvalue weighted by molar-refractivity contribution is 7.45. The Morgan fingerprint density at radius 3 is 1.51 bits per heavy atom. The van der Waals surface area contributed by atoms with Crippen molar-refractivity contribution in [3.05, 3.63) is 85.3 Å². The summed E-state index contributed by atoms with van der Waals surface area (Å²) in [4.78, 5) is 25.0. The third-order valence-electron chi connectivity index (χ3n) is 9.04. The molecule has 0 heterocycles. The van der Waals surface area contributed by atoms with Crippen LogP contribution >= 0.6 is 7.82 Å². The normalized spacial score (nSPS) is 14.5. The van der Waals surface area contributed by atoms with Crippen molar-refractivity contribution in [1.82, 2.24) is 0 Å². The number of hydrogen-bond acceptors (Lipinski definition) is 7. The van der Waals surface area contributed by atoms with Crippen molar-refractivity contribution in [1.29, 1.82) is 0 Å². The van der Waals surface area contributed by atoms with Gasteiger partial charge in [-0.2, -0.15) is 0 Å². The largest absolute Gasteiger partial charge is 0.756 e. The number of hydrogen-bond donors (Lipinski definition) is 0. The van der Waals surface area contributed by atoms with Gasteiger partial charge in [-0.3, -0.25) is 9.36 Å². The summed E-state index contributed by atoms with van der Waals surface area (Å²) in [5.41, 5.74) is 0. The first-order valence-corrected chi connectivity index (χ1v) is 23.8. The van der Waals surface area contributed by atoms with Crippen LogP contribution in [0.3, 0.4) is 0 Å². The zero-order chi connectivity index (χ0) is 42.0. The van der Waals surface area contributed by atoms with E-state index in [0.29, 0.717) is 17.4 Å². The lowest BCUT2D eigenvalue weighted by Gasteiger charge is -2.28. The molecule has 0 aliphatic heterocycles. The zero-order valence-electron chi connectivity index (χ0n) is 37.0. The van der Waals surface area contributed by atoms with Crippen molar-refractivity contribution < 1.29 is 37.3 Å². The number of esters is 1. The number of carbonyl (C=O) groups excluding carboxylic acids is 1. The minimum absolute atomic E-state index is 0.000812. The lowest BCUT2D eigenvalue weighted by atomic mass is 10.0. The molecule has 0 aromatic rings. The molecule has 0 fully saturated rings. The van der Waals surface area contributed by atoms with Gasteiger partial charge in [0.2, 0.25) is 0 Å². The molecule has 57 heavy (non-hydrogen) atoms. The number of carbonyl (C=O) groups is 1. The van der Waals surface area contributed by atoms with Gasteiger partial charge in [-0.05, 0) is 63.9 Å². The monoisotopic (exact) mass is 818 g/mol. The van der Waals surface area contributed by atoms with E-state index < -0.39 is 19.9 Å². The molecule has 0 N–H and O–H groups in total. The van der Waals surface area contributed by atoms with Crippen LogP contribution in [0.25, 0.3) is 0 Å². The standard InChI is InChI=1S/C48H84NO7P/c1-6-8-10-12-14-16-18-20-22-24-25-26-27-29-31-33-35-37-39-41-48(50)56-47(46-55-57(51,52)54-44-42-49(3,4)5)45-53-43-40-38-36-34-32-30-28-23-21-19-17-15-13-11-9-7-2/h8,10,14,16,20,22,25-26,29,31,35,37,40,43,47H,6-7,9,11-13,15,17-19,21,23-24,27-28,30,32-34,36,38-39,41-42,44-46H2,1-5H3/t47-/m1/s1. The Kier molecular flexibility index (Phi) is 38.6. The van der Waals surface area contributed by atoms with E-state index in [4.69, 9.17) is 18.5 Å². The van der Waals surface area contributed by atoms with Crippen LogP contribution in [0.1, 0.15) is 162 Å². The number of phosphoric acid groups is 1. The minimum atomic E-state index is -4.57. The van der Waals surface area contributed by atoms with Crippen molar-refractivity contribution >= 4 is 13.8 Å². The van der Waals surface area contributed by atoms with E-state index in [-0.39, 0.29) is 26.2 Å². The molecule has 9 heteroatoms. The number of likely N-dealkylation sites (N-methyl/N-ethyl adjacent to an activating group) is 1. The van der Waals surface area contributed by atoms with Crippen LogP contribution < -0.4 is 4.89 Å². The summed E-state index contributed by atoms with van der Waals surface area (Å²) in [6.07, 6.45) is 54.2. The predicted molar refractivity (Wildman–Crippen MR) is 240 cm³/mol. The highest BCUT2D eigenvalue weighted by Gasteiger charge is 2.20. The fourth-order valence-electron chi connectivity index (χ4n) is 5.60. The second kappa shape index (κ2) is 40.3. The summed E-state index contributed by atoms with van der Waals surface area (Å²) < 4.78 is 34.2. The Hall–Kier alpha value is -2.48. The van der Waals surface area contributed by atoms with Crippen molar-refractivity contribution in [2.24, 2.45) is 0 Å². The van der Waals surface area contributed by atoms with Gasteiger partial charge >= 0.3 is 5.97 Å². The van der Waals surface area contributed by atoms with Crippen LogP contribution in [0.4, 0.5) is 0 Å². The van der Waals surface area contributed by atoms with Gasteiger partial charge in [0.15, 0.2) is 6.10 Å². The molecular weight excluding hydrogens is 734 g/mol. The van der Waals surface area contributed by atoms with Gasteiger partial charge in [0.1, 0.15) is 19.8 Å². The molecule has 0 aromatic heterocycles. The van der Waals surface area contributed by atoms with Gasteiger partial charge in [0, 0.05) is 6.42 Å². The molecule has 0 amide bonds. The van der Waals surface area contributed by atoms with Crippen LogP contribution in [0, 0.1) is 0 Å². The van der Waals surface area contributed by atoms with Crippen LogP contribution in [-0.4, -0.2) is 64.1 Å². The number of ether oxygens (including phenoxy) is 2. The summed E-state index contributed by atoms with van der Waals surface area (Å²) in [6, 6.07) is 0. The van der Waals surface area contributed by atoms with Gasteiger partial charge in [-0.1, -0.05) is 170 Å². The van der Waals surface area contributed by atoms with E-state index in [1.807, 2.05) is 39.4 Å². The summed E-state index contributed by atoms with van der Waals surface area (Å²) in [6.45, 7) is 4.52. The highest BCUT2D eigenvalue weighted by Crippen LogP contribution is 2.38. The topological polar surface area (TPSA) is 94.1 Å². The average Bonchev–Trinajstić information content (AvgIpc) is 3.16. The van der Waals surface area contributed by atoms with Crippen LogP contribution in [0.2, 0.25) is 0 Å². The van der Waals surface area contributed by atoms with Crippen LogP contribution in [0.15, 0.2) is 85.3 Å². The Morgan fingerprint density at radius 2 is 1.04 bits per heavy atom. The van der Waals surface area contributed by atoms with Crippen molar-refractivity contribution in [2.75, 3.05) is 47.5 Å². The first kappa shape index (κ1) is 54.5. The summed E-state index contributed by atoms with van der Waals surface area (Å²) in [5.74, 6) is -0.440. The first-order chi connectivity index (χ1) is 27.6. The molecule has 8 nitrogen and oxygen atoms in total. The quantitative estimate of drug-likeness (QED) is 0.0152. The summed E-state index contributed by atoms with van der Waals surface area (Å²) >= 11 is 0. The Labute approximate surface area is 350 Å². The summed E-state index contributed by atoms with van der Waals surface area (Å²) in [5, 5.41) is 0. The van der Waals surface area contributed by atoms with Crippen LogP contribution in [-0.2, 0) is 27.9 Å². The average molecular weight is 818 g/mol. The van der Waals surface area contributed by atoms with Gasteiger partial charge in [0.05, 0.1) is 34.0 Å². The number of allylic oxidation sites excluding steroid dienone is 13. The van der Waals surface area contributed by atoms with E-state index in [1.54, 1.807) is 6.26 Å². The first-order valence-electron chi connectivity index (χ1n) is 22.4.